The van der Waals surface area contributed by atoms with Crippen LogP contribution in [0.15, 0.2) is 36.5 Å². The van der Waals surface area contributed by atoms with E-state index >= 15 is 0 Å². The van der Waals surface area contributed by atoms with Gasteiger partial charge in [-0.2, -0.15) is 0 Å². The average molecular weight is 269 g/mol. The lowest BCUT2D eigenvalue weighted by Gasteiger charge is -2.24. The summed E-state index contributed by atoms with van der Waals surface area (Å²) in [5, 5.41) is 5.94. The van der Waals surface area contributed by atoms with E-state index in [2.05, 4.69) is 52.6 Å². The first-order valence-electron chi connectivity index (χ1n) is 7.62. The smallest absolute Gasteiger partial charge is 0.133 e. The SMILES string of the molecule is CN(CCNc1nccc2ccccc12)C1CCCC1. The van der Waals surface area contributed by atoms with E-state index in [4.69, 9.17) is 0 Å². The molecule has 0 radical (unpaired) electrons. The molecule has 1 aromatic carbocycles. The number of likely N-dealkylation sites (N-methyl/N-ethyl adjacent to an activating group) is 1. The Bertz CT molecular complexity index is 556. The minimum Gasteiger partial charge on any atom is -0.368 e. The van der Waals surface area contributed by atoms with Crippen LogP contribution in [0, 0.1) is 0 Å². The number of pyridine rings is 1. The lowest BCUT2D eigenvalue weighted by Crippen LogP contribution is -2.33. The van der Waals surface area contributed by atoms with E-state index in [1.54, 1.807) is 0 Å². The molecule has 1 aliphatic carbocycles. The fourth-order valence-electron chi connectivity index (χ4n) is 3.14. The molecule has 0 aliphatic heterocycles. The molecule has 0 unspecified atom stereocenters. The average Bonchev–Trinajstić information content (AvgIpc) is 3.02. The monoisotopic (exact) mass is 269 g/mol. The van der Waals surface area contributed by atoms with Crippen LogP contribution in [0.2, 0.25) is 0 Å². The van der Waals surface area contributed by atoms with Crippen molar-refractivity contribution in [2.75, 3.05) is 25.5 Å². The molecule has 1 aromatic heterocycles. The molecule has 1 N–H and O–H groups in total. The summed E-state index contributed by atoms with van der Waals surface area (Å²) in [7, 11) is 2.24. The van der Waals surface area contributed by atoms with Gasteiger partial charge in [-0.15, -0.1) is 0 Å². The Morgan fingerprint density at radius 3 is 2.85 bits per heavy atom. The van der Waals surface area contributed by atoms with Crippen molar-refractivity contribution in [3.05, 3.63) is 36.5 Å². The summed E-state index contributed by atoms with van der Waals surface area (Å²) in [6.07, 6.45) is 7.40. The summed E-state index contributed by atoms with van der Waals surface area (Å²) in [6, 6.07) is 11.3. The molecule has 106 valence electrons. The zero-order valence-corrected chi connectivity index (χ0v) is 12.2. The van der Waals surface area contributed by atoms with Crippen molar-refractivity contribution in [3.8, 4) is 0 Å². The second-order valence-electron chi connectivity index (χ2n) is 5.73. The van der Waals surface area contributed by atoms with Crippen molar-refractivity contribution in [1.29, 1.82) is 0 Å². The molecule has 1 heterocycles. The second kappa shape index (κ2) is 6.23. The molecule has 0 atom stereocenters. The fourth-order valence-corrected chi connectivity index (χ4v) is 3.14. The van der Waals surface area contributed by atoms with Crippen molar-refractivity contribution in [2.45, 2.75) is 31.7 Å². The van der Waals surface area contributed by atoms with Gasteiger partial charge in [0.15, 0.2) is 0 Å². The Kier molecular flexibility index (Phi) is 4.16. The molecule has 3 rings (SSSR count). The third-order valence-electron chi connectivity index (χ3n) is 4.38. The van der Waals surface area contributed by atoms with Crippen LogP contribution >= 0.6 is 0 Å². The van der Waals surface area contributed by atoms with E-state index in [1.807, 2.05) is 6.20 Å². The standard InChI is InChI=1S/C17H23N3/c1-20(15-7-3-4-8-15)13-12-19-17-16-9-5-2-6-14(16)10-11-18-17/h2,5-6,9-11,15H,3-4,7-8,12-13H2,1H3,(H,18,19). The van der Waals surface area contributed by atoms with Crippen molar-refractivity contribution in [3.63, 3.8) is 0 Å². The highest BCUT2D eigenvalue weighted by Gasteiger charge is 2.18. The van der Waals surface area contributed by atoms with Gasteiger partial charge >= 0.3 is 0 Å². The molecule has 1 saturated carbocycles. The van der Waals surface area contributed by atoms with Crippen LogP contribution in [0.4, 0.5) is 5.82 Å². The summed E-state index contributed by atoms with van der Waals surface area (Å²) < 4.78 is 0. The van der Waals surface area contributed by atoms with E-state index in [0.717, 1.165) is 24.9 Å². The van der Waals surface area contributed by atoms with E-state index in [9.17, 15) is 0 Å². The van der Waals surface area contributed by atoms with Crippen molar-refractivity contribution in [1.82, 2.24) is 9.88 Å². The molecule has 0 spiro atoms. The number of anilines is 1. The van der Waals surface area contributed by atoms with Crippen LogP contribution in [0.5, 0.6) is 0 Å². The van der Waals surface area contributed by atoms with Crippen molar-refractivity contribution in [2.24, 2.45) is 0 Å². The second-order valence-corrected chi connectivity index (χ2v) is 5.73. The molecule has 2 aromatic rings. The van der Waals surface area contributed by atoms with E-state index < -0.39 is 0 Å². The van der Waals surface area contributed by atoms with Crippen LogP contribution < -0.4 is 5.32 Å². The van der Waals surface area contributed by atoms with Gasteiger partial charge in [-0.05, 0) is 31.3 Å². The predicted octanol–water partition coefficient (Wildman–Crippen LogP) is 3.52. The largest absolute Gasteiger partial charge is 0.368 e. The van der Waals surface area contributed by atoms with E-state index in [0.29, 0.717) is 0 Å². The summed E-state index contributed by atoms with van der Waals surface area (Å²) in [5.74, 6) is 1.00. The first kappa shape index (κ1) is 13.4. The van der Waals surface area contributed by atoms with Gasteiger partial charge in [0.05, 0.1) is 0 Å². The number of rotatable bonds is 5. The Labute approximate surface area is 121 Å². The summed E-state index contributed by atoms with van der Waals surface area (Å²) in [6.45, 7) is 2.03. The Hall–Kier alpha value is -1.61. The number of hydrogen-bond acceptors (Lipinski definition) is 3. The maximum Gasteiger partial charge on any atom is 0.133 e. The van der Waals surface area contributed by atoms with Gasteiger partial charge in [-0.25, -0.2) is 4.98 Å². The Balaban J connectivity index is 1.59. The molecular weight excluding hydrogens is 246 g/mol. The van der Waals surface area contributed by atoms with Gasteiger partial charge in [0.25, 0.3) is 0 Å². The van der Waals surface area contributed by atoms with Crippen LogP contribution in [0.25, 0.3) is 10.8 Å². The maximum atomic E-state index is 4.47. The first-order chi connectivity index (χ1) is 9.84. The minimum absolute atomic E-state index is 0.789. The molecule has 1 fully saturated rings. The molecule has 1 aliphatic rings. The van der Waals surface area contributed by atoms with E-state index in [-0.39, 0.29) is 0 Å². The zero-order chi connectivity index (χ0) is 13.8. The highest BCUT2D eigenvalue weighted by Crippen LogP contribution is 2.22. The summed E-state index contributed by atoms with van der Waals surface area (Å²) in [5.41, 5.74) is 0. The molecule has 0 saturated heterocycles. The Morgan fingerprint density at radius 1 is 1.20 bits per heavy atom. The third kappa shape index (κ3) is 2.93. The number of nitrogens with one attached hydrogen (secondary N) is 1. The van der Waals surface area contributed by atoms with Gasteiger partial charge in [-0.3, -0.25) is 0 Å². The highest BCUT2D eigenvalue weighted by atomic mass is 15.1. The van der Waals surface area contributed by atoms with Crippen molar-refractivity contribution < 1.29 is 0 Å². The van der Waals surface area contributed by atoms with Crippen LogP contribution in [-0.4, -0.2) is 36.1 Å². The van der Waals surface area contributed by atoms with Crippen LogP contribution in [-0.2, 0) is 0 Å². The number of fused-ring (bicyclic) bond motifs is 1. The topological polar surface area (TPSA) is 28.2 Å². The summed E-state index contributed by atoms with van der Waals surface area (Å²) >= 11 is 0. The summed E-state index contributed by atoms with van der Waals surface area (Å²) in [4.78, 5) is 6.96. The fraction of sp³-hybridized carbons (Fsp3) is 0.471. The minimum atomic E-state index is 0.789. The quantitative estimate of drug-likeness (QED) is 0.900. The highest BCUT2D eigenvalue weighted by molar-refractivity contribution is 5.91. The molecule has 3 heteroatoms. The molecule has 0 amide bonds. The van der Waals surface area contributed by atoms with Crippen LogP contribution in [0.3, 0.4) is 0 Å². The number of benzene rings is 1. The van der Waals surface area contributed by atoms with Gasteiger partial charge in [0.2, 0.25) is 0 Å². The number of nitrogens with zero attached hydrogens (tertiary/aromatic N) is 2. The number of aromatic nitrogens is 1. The predicted molar refractivity (Wildman–Crippen MR) is 85.1 cm³/mol. The lowest BCUT2D eigenvalue weighted by molar-refractivity contribution is 0.254. The zero-order valence-electron chi connectivity index (χ0n) is 12.2. The van der Waals surface area contributed by atoms with Gasteiger partial charge in [-0.1, -0.05) is 37.1 Å². The Morgan fingerprint density at radius 2 is 2.00 bits per heavy atom. The molecular formula is C17H23N3. The molecule has 20 heavy (non-hydrogen) atoms. The third-order valence-corrected chi connectivity index (χ3v) is 4.38. The van der Waals surface area contributed by atoms with Crippen molar-refractivity contribution >= 4 is 16.6 Å². The number of hydrogen-bond donors (Lipinski definition) is 1. The van der Waals surface area contributed by atoms with Crippen LogP contribution in [0.1, 0.15) is 25.7 Å². The first-order valence-corrected chi connectivity index (χ1v) is 7.62. The van der Waals surface area contributed by atoms with Gasteiger partial charge in [0, 0.05) is 30.7 Å². The van der Waals surface area contributed by atoms with Gasteiger partial charge in [0.1, 0.15) is 5.82 Å². The maximum absolute atomic E-state index is 4.47. The lowest BCUT2D eigenvalue weighted by atomic mass is 10.1. The van der Waals surface area contributed by atoms with E-state index in [1.165, 1.54) is 36.5 Å². The molecule has 3 nitrogen and oxygen atoms in total. The normalized spacial score (nSPS) is 16.1. The molecule has 0 bridgehead atoms. The van der Waals surface area contributed by atoms with Gasteiger partial charge < -0.3 is 10.2 Å².